The van der Waals surface area contributed by atoms with E-state index >= 15 is 0 Å². The minimum atomic E-state index is -0.690. The lowest BCUT2D eigenvalue weighted by molar-refractivity contribution is 0.0729. The molecule has 0 aliphatic carbocycles. The maximum absolute atomic E-state index is 12.9. The Balaban J connectivity index is 1.74. The molecule has 0 saturated heterocycles. The maximum Gasteiger partial charge on any atom is 0.349 e. The van der Waals surface area contributed by atoms with Crippen LogP contribution in [-0.2, 0) is 0 Å². The Hall–Kier alpha value is -3.58. The Morgan fingerprint density at radius 1 is 1.07 bits per heavy atom. The number of carbonyl (C=O) groups excluding carboxylic acids is 1. The molecule has 0 fully saturated rings. The van der Waals surface area contributed by atoms with Crippen LogP contribution in [0.5, 0.6) is 11.5 Å². The molecular formula is C21H14ClNO6. The molecule has 146 valence electrons. The Morgan fingerprint density at radius 3 is 2.55 bits per heavy atom. The van der Waals surface area contributed by atoms with E-state index in [1.54, 1.807) is 43.3 Å². The van der Waals surface area contributed by atoms with Crippen molar-refractivity contribution in [2.75, 3.05) is 7.11 Å². The number of methoxy groups -OCH3 is 1. The Kier molecular flexibility index (Phi) is 4.82. The van der Waals surface area contributed by atoms with E-state index in [4.69, 9.17) is 30.0 Å². The van der Waals surface area contributed by atoms with Crippen molar-refractivity contribution in [3.63, 3.8) is 0 Å². The first-order chi connectivity index (χ1) is 14.0. The Labute approximate surface area is 169 Å². The van der Waals surface area contributed by atoms with Crippen LogP contribution in [0.3, 0.4) is 0 Å². The lowest BCUT2D eigenvalue weighted by Gasteiger charge is -2.10. The second-order valence-electron chi connectivity index (χ2n) is 6.16. The highest BCUT2D eigenvalue weighted by atomic mass is 35.5. The van der Waals surface area contributed by atoms with Crippen molar-refractivity contribution >= 4 is 28.5 Å². The molecule has 0 N–H and O–H groups in total. The summed E-state index contributed by atoms with van der Waals surface area (Å²) in [6, 6.07) is 12.7. The van der Waals surface area contributed by atoms with Crippen molar-refractivity contribution in [3.8, 4) is 22.8 Å². The Bertz CT molecular complexity index is 1270. The highest BCUT2D eigenvalue weighted by Crippen LogP contribution is 2.34. The van der Waals surface area contributed by atoms with Gasteiger partial charge >= 0.3 is 11.6 Å². The summed E-state index contributed by atoms with van der Waals surface area (Å²) in [5.74, 6) is -0.0241. The zero-order chi connectivity index (χ0) is 20.5. The molecule has 8 heteroatoms. The van der Waals surface area contributed by atoms with Gasteiger partial charge in [0.2, 0.25) is 0 Å². The van der Waals surface area contributed by atoms with Crippen molar-refractivity contribution in [1.29, 1.82) is 0 Å². The summed E-state index contributed by atoms with van der Waals surface area (Å²) in [5.41, 5.74) is 0.912. The molecule has 2 aromatic heterocycles. The summed E-state index contributed by atoms with van der Waals surface area (Å²) in [6.45, 7) is 1.64. The third kappa shape index (κ3) is 3.60. The van der Waals surface area contributed by atoms with Gasteiger partial charge in [0.25, 0.3) is 0 Å². The molecule has 4 rings (SSSR count). The SMILES string of the molecule is COc1cc2ccc(=O)oc2cc1OC(=O)c1c(C)noc1-c1ccc(Cl)cc1. The summed E-state index contributed by atoms with van der Waals surface area (Å²) in [6.07, 6.45) is 0. The fourth-order valence-electron chi connectivity index (χ4n) is 2.87. The number of halogens is 1. The number of rotatable bonds is 4. The summed E-state index contributed by atoms with van der Waals surface area (Å²) in [4.78, 5) is 24.4. The summed E-state index contributed by atoms with van der Waals surface area (Å²) in [7, 11) is 1.45. The predicted molar refractivity (Wildman–Crippen MR) is 106 cm³/mol. The quantitative estimate of drug-likeness (QED) is 0.274. The smallest absolute Gasteiger partial charge is 0.349 e. The predicted octanol–water partition coefficient (Wildman–Crippen LogP) is 4.64. The monoisotopic (exact) mass is 411 g/mol. The van der Waals surface area contributed by atoms with Gasteiger partial charge in [-0.1, -0.05) is 16.8 Å². The van der Waals surface area contributed by atoms with Crippen LogP contribution >= 0.6 is 11.6 Å². The zero-order valence-electron chi connectivity index (χ0n) is 15.4. The van der Waals surface area contributed by atoms with E-state index in [2.05, 4.69) is 5.16 Å². The summed E-state index contributed by atoms with van der Waals surface area (Å²) < 4.78 is 21.3. The molecule has 7 nitrogen and oxygen atoms in total. The number of benzene rings is 2. The molecule has 0 unspecified atom stereocenters. The largest absolute Gasteiger partial charge is 0.493 e. The number of esters is 1. The molecule has 0 atom stereocenters. The van der Waals surface area contributed by atoms with Crippen LogP contribution in [0.1, 0.15) is 16.1 Å². The van der Waals surface area contributed by atoms with Gasteiger partial charge in [-0.25, -0.2) is 9.59 Å². The highest BCUT2D eigenvalue weighted by molar-refractivity contribution is 6.30. The van der Waals surface area contributed by atoms with E-state index in [9.17, 15) is 9.59 Å². The number of aromatic nitrogens is 1. The molecule has 2 aromatic carbocycles. The fraction of sp³-hybridized carbons (Fsp3) is 0.0952. The molecule has 0 radical (unpaired) electrons. The standard InChI is InChI=1S/C21H14ClNO6/c1-11-19(20(29-23-11)12-3-6-14(22)7-4-12)21(25)28-17-10-15-13(9-16(17)26-2)5-8-18(24)27-15/h3-10H,1-2H3. The summed E-state index contributed by atoms with van der Waals surface area (Å²) >= 11 is 5.92. The lowest BCUT2D eigenvalue weighted by Crippen LogP contribution is -2.11. The lowest BCUT2D eigenvalue weighted by atomic mass is 10.1. The van der Waals surface area contributed by atoms with Gasteiger partial charge < -0.3 is 18.4 Å². The molecule has 0 aliphatic rings. The molecule has 4 aromatic rings. The Morgan fingerprint density at radius 2 is 1.83 bits per heavy atom. The molecule has 0 aliphatic heterocycles. The normalized spacial score (nSPS) is 10.9. The fourth-order valence-corrected chi connectivity index (χ4v) is 3.00. The van der Waals surface area contributed by atoms with Gasteiger partial charge in [0.05, 0.1) is 12.8 Å². The minimum Gasteiger partial charge on any atom is -0.493 e. The van der Waals surface area contributed by atoms with E-state index in [0.29, 0.717) is 27.4 Å². The van der Waals surface area contributed by atoms with Crippen LogP contribution < -0.4 is 15.1 Å². The van der Waals surface area contributed by atoms with E-state index in [0.717, 1.165) is 0 Å². The van der Waals surface area contributed by atoms with E-state index < -0.39 is 11.6 Å². The highest BCUT2D eigenvalue weighted by Gasteiger charge is 2.25. The number of ether oxygens (including phenoxy) is 2. The van der Waals surface area contributed by atoms with Gasteiger partial charge in [-0.05, 0) is 43.3 Å². The van der Waals surface area contributed by atoms with Gasteiger partial charge in [0, 0.05) is 28.1 Å². The van der Waals surface area contributed by atoms with Gasteiger partial charge in [-0.3, -0.25) is 0 Å². The van der Waals surface area contributed by atoms with E-state index in [1.807, 2.05) is 0 Å². The van der Waals surface area contributed by atoms with Crippen LogP contribution in [0, 0.1) is 6.92 Å². The molecule has 0 saturated carbocycles. The van der Waals surface area contributed by atoms with Crippen LogP contribution in [-0.4, -0.2) is 18.2 Å². The summed E-state index contributed by atoms with van der Waals surface area (Å²) in [5, 5.41) is 5.06. The third-order valence-corrected chi connectivity index (χ3v) is 4.53. The van der Waals surface area contributed by atoms with Crippen LogP contribution in [0.15, 0.2) is 62.3 Å². The molecule has 2 heterocycles. The average Bonchev–Trinajstić information content (AvgIpc) is 3.09. The first kappa shape index (κ1) is 18.8. The maximum atomic E-state index is 12.9. The second-order valence-corrected chi connectivity index (χ2v) is 6.60. The van der Waals surface area contributed by atoms with E-state index in [1.165, 1.54) is 19.2 Å². The molecule has 0 amide bonds. The van der Waals surface area contributed by atoms with Crippen LogP contribution in [0.25, 0.3) is 22.3 Å². The number of carbonyl (C=O) groups is 1. The zero-order valence-corrected chi connectivity index (χ0v) is 16.1. The van der Waals surface area contributed by atoms with Crippen molar-refractivity contribution in [1.82, 2.24) is 5.16 Å². The average molecular weight is 412 g/mol. The number of hydrogen-bond acceptors (Lipinski definition) is 7. The van der Waals surface area contributed by atoms with Crippen molar-refractivity contribution in [2.24, 2.45) is 0 Å². The molecule has 0 spiro atoms. The van der Waals surface area contributed by atoms with Crippen molar-refractivity contribution < 1.29 is 23.2 Å². The second kappa shape index (κ2) is 7.44. The molecule has 0 bridgehead atoms. The van der Waals surface area contributed by atoms with Gasteiger partial charge in [-0.15, -0.1) is 0 Å². The third-order valence-electron chi connectivity index (χ3n) is 4.28. The van der Waals surface area contributed by atoms with Crippen LogP contribution in [0.2, 0.25) is 5.02 Å². The van der Waals surface area contributed by atoms with Gasteiger partial charge in [0.15, 0.2) is 17.3 Å². The molecular weight excluding hydrogens is 398 g/mol. The van der Waals surface area contributed by atoms with Gasteiger partial charge in [0.1, 0.15) is 11.1 Å². The number of fused-ring (bicyclic) bond motifs is 1. The minimum absolute atomic E-state index is 0.0991. The van der Waals surface area contributed by atoms with Gasteiger partial charge in [-0.2, -0.15) is 0 Å². The van der Waals surface area contributed by atoms with Crippen molar-refractivity contribution in [3.05, 3.63) is 75.2 Å². The number of nitrogens with zero attached hydrogens (tertiary/aromatic N) is 1. The molecule has 29 heavy (non-hydrogen) atoms. The van der Waals surface area contributed by atoms with Crippen molar-refractivity contribution in [2.45, 2.75) is 6.92 Å². The number of aryl methyl sites for hydroxylation is 1. The van der Waals surface area contributed by atoms with Crippen LogP contribution in [0.4, 0.5) is 0 Å². The topological polar surface area (TPSA) is 91.8 Å². The first-order valence-electron chi connectivity index (χ1n) is 8.52. The van der Waals surface area contributed by atoms with E-state index in [-0.39, 0.29) is 22.7 Å². The number of hydrogen-bond donors (Lipinski definition) is 0. The first-order valence-corrected chi connectivity index (χ1v) is 8.90.